The third kappa shape index (κ3) is 5.56. The molecule has 0 saturated carbocycles. The lowest BCUT2D eigenvalue weighted by Gasteiger charge is -2.30. The van der Waals surface area contributed by atoms with Crippen molar-refractivity contribution in [3.63, 3.8) is 0 Å². The highest BCUT2D eigenvalue weighted by molar-refractivity contribution is 6.53. The smallest absolute Gasteiger partial charge is 0.341 e. The number of cyclic esters (lactones) is 1. The van der Waals surface area contributed by atoms with Gasteiger partial charge >= 0.3 is 5.97 Å². The first kappa shape index (κ1) is 31.1. The highest BCUT2D eigenvalue weighted by Crippen LogP contribution is 2.54. The molecule has 5 rings (SSSR count). The first-order valence-corrected chi connectivity index (χ1v) is 15.0. The lowest BCUT2D eigenvalue weighted by molar-refractivity contribution is 0.0276. The second-order valence-electron chi connectivity index (χ2n) is 11.0. The number of ether oxygens (including phenoxy) is 1. The van der Waals surface area contributed by atoms with Crippen molar-refractivity contribution in [3.8, 4) is 0 Å². The van der Waals surface area contributed by atoms with Crippen molar-refractivity contribution in [2.24, 2.45) is 0 Å². The molecule has 1 heterocycles. The van der Waals surface area contributed by atoms with E-state index < -0.39 is 11.6 Å². The molecule has 0 bridgehead atoms. The number of benzene rings is 4. The van der Waals surface area contributed by atoms with Crippen LogP contribution in [0.3, 0.4) is 0 Å². The normalized spacial score (nSPS) is 15.5. The van der Waals surface area contributed by atoms with Gasteiger partial charge in [0.2, 0.25) is 0 Å². The van der Waals surface area contributed by atoms with Crippen molar-refractivity contribution in [2.45, 2.75) is 5.60 Å². The molecule has 0 aromatic heterocycles. The van der Waals surface area contributed by atoms with Gasteiger partial charge in [0.25, 0.3) is 0 Å². The molecular weight excluding hydrogens is 624 g/mol. The average Bonchev–Trinajstić information content (AvgIpc) is 3.30. The van der Waals surface area contributed by atoms with E-state index in [0.717, 1.165) is 33.8 Å². The van der Waals surface area contributed by atoms with Gasteiger partial charge in [-0.25, -0.2) is 4.79 Å². The number of anilines is 3. The van der Waals surface area contributed by atoms with E-state index >= 15 is 0 Å². The molecule has 0 N–H and O–H groups in total. The minimum absolute atomic E-state index is 0.00322. The summed E-state index contributed by atoms with van der Waals surface area (Å²) >= 11 is 26.6. The Morgan fingerprint density at radius 1 is 0.605 bits per heavy atom. The van der Waals surface area contributed by atoms with E-state index in [9.17, 15) is 4.79 Å². The van der Waals surface area contributed by atoms with Gasteiger partial charge in [0.15, 0.2) is 5.60 Å². The van der Waals surface area contributed by atoms with E-state index in [2.05, 4.69) is 0 Å². The van der Waals surface area contributed by atoms with Crippen LogP contribution in [0.15, 0.2) is 78.9 Å². The van der Waals surface area contributed by atoms with Crippen LogP contribution in [0.5, 0.6) is 0 Å². The largest absolute Gasteiger partial charge is 0.441 e. The maximum Gasteiger partial charge on any atom is 0.341 e. The highest BCUT2D eigenvalue weighted by Gasteiger charge is 2.50. The number of carbonyl (C=O) groups excluding carboxylic acids is 1. The molecule has 1 aliphatic heterocycles. The minimum atomic E-state index is -1.47. The van der Waals surface area contributed by atoms with Crippen LogP contribution in [0.4, 0.5) is 17.1 Å². The maximum atomic E-state index is 13.6. The Morgan fingerprint density at radius 2 is 1.00 bits per heavy atom. The zero-order valence-electron chi connectivity index (χ0n) is 24.7. The summed E-state index contributed by atoms with van der Waals surface area (Å²) in [7, 11) is 11.9. The van der Waals surface area contributed by atoms with Crippen LogP contribution in [-0.4, -0.2) is 48.3 Å². The van der Waals surface area contributed by atoms with Gasteiger partial charge in [-0.15, -0.1) is 0 Å². The molecule has 5 nitrogen and oxygen atoms in total. The summed E-state index contributed by atoms with van der Waals surface area (Å²) in [6, 6.07) is 24.1. The molecule has 0 aliphatic carbocycles. The van der Waals surface area contributed by atoms with E-state index in [1.807, 2.05) is 136 Å². The van der Waals surface area contributed by atoms with E-state index in [0.29, 0.717) is 11.1 Å². The molecule has 4 aromatic carbocycles. The van der Waals surface area contributed by atoms with Crippen LogP contribution in [0.2, 0.25) is 20.1 Å². The number of hydrogen-bond acceptors (Lipinski definition) is 5. The van der Waals surface area contributed by atoms with Gasteiger partial charge in [-0.1, -0.05) is 82.8 Å². The number of hydrogen-bond donors (Lipinski definition) is 0. The van der Waals surface area contributed by atoms with Crippen LogP contribution in [0.25, 0.3) is 5.57 Å². The van der Waals surface area contributed by atoms with Crippen LogP contribution in [-0.2, 0) is 10.3 Å². The van der Waals surface area contributed by atoms with E-state index in [-0.39, 0.29) is 25.7 Å². The van der Waals surface area contributed by atoms with Gasteiger partial charge in [0.1, 0.15) is 0 Å². The standard InChI is InChI=1S/C34H31Cl4N3O2/c1-39(2)23-13-7-20(8-14-23)26(21-9-15-24(16-10-21)40(3)4)19-34(22-11-17-25(18-12-22)41(5)6)28-27(33(42)43-34)29(35)31(37)32(38)30(28)36/h7-19H,1-6H3. The van der Waals surface area contributed by atoms with Gasteiger partial charge in [0, 0.05) is 70.5 Å². The van der Waals surface area contributed by atoms with Crippen molar-refractivity contribution in [1.82, 2.24) is 0 Å². The van der Waals surface area contributed by atoms with E-state index in [4.69, 9.17) is 51.1 Å². The zero-order valence-corrected chi connectivity index (χ0v) is 27.7. The third-order valence-electron chi connectivity index (χ3n) is 7.65. The molecule has 0 saturated heterocycles. The predicted octanol–water partition coefficient (Wildman–Crippen LogP) is 9.04. The van der Waals surface area contributed by atoms with Gasteiger partial charge in [-0.3, -0.25) is 0 Å². The van der Waals surface area contributed by atoms with Crippen molar-refractivity contribution >= 4 is 75.0 Å². The summed E-state index contributed by atoms with van der Waals surface area (Å²) < 4.78 is 6.34. The molecule has 0 radical (unpaired) electrons. The number of esters is 1. The van der Waals surface area contributed by atoms with Gasteiger partial charge in [-0.05, 0) is 59.2 Å². The Labute approximate surface area is 272 Å². The second-order valence-corrected chi connectivity index (χ2v) is 12.5. The van der Waals surface area contributed by atoms with E-state index in [1.165, 1.54) is 0 Å². The van der Waals surface area contributed by atoms with Crippen LogP contribution >= 0.6 is 46.4 Å². The Morgan fingerprint density at radius 3 is 1.42 bits per heavy atom. The first-order chi connectivity index (χ1) is 20.4. The Bertz CT molecular complexity index is 1660. The average molecular weight is 655 g/mol. The summed E-state index contributed by atoms with van der Waals surface area (Å²) in [4.78, 5) is 19.7. The van der Waals surface area contributed by atoms with Crippen molar-refractivity contribution in [1.29, 1.82) is 0 Å². The maximum absolute atomic E-state index is 13.6. The highest BCUT2D eigenvalue weighted by atomic mass is 35.5. The fourth-order valence-electron chi connectivity index (χ4n) is 5.23. The van der Waals surface area contributed by atoms with Gasteiger partial charge in [-0.2, -0.15) is 0 Å². The molecule has 0 spiro atoms. The van der Waals surface area contributed by atoms with Crippen LogP contribution in [0, 0.1) is 0 Å². The molecule has 9 heteroatoms. The Hall–Kier alpha value is -3.35. The summed E-state index contributed by atoms with van der Waals surface area (Å²) in [5.74, 6) is -0.640. The number of carbonyl (C=O) groups is 1. The van der Waals surface area contributed by atoms with E-state index in [1.54, 1.807) is 0 Å². The molecule has 4 aromatic rings. The fourth-order valence-corrected chi connectivity index (χ4v) is 6.30. The predicted molar refractivity (Wildman–Crippen MR) is 182 cm³/mol. The zero-order chi connectivity index (χ0) is 31.2. The SMILES string of the molecule is CN(C)c1ccc(C(=CC2(c3ccc(N(C)C)cc3)OC(=O)c3c(Cl)c(Cl)c(Cl)c(Cl)c32)c2ccc(N(C)C)cc2)cc1. The molecule has 0 fully saturated rings. The monoisotopic (exact) mass is 653 g/mol. The molecule has 222 valence electrons. The van der Waals surface area contributed by atoms with Crippen molar-refractivity contribution in [2.75, 3.05) is 57.0 Å². The summed E-state index contributed by atoms with van der Waals surface area (Å²) in [5.41, 5.74) is 5.39. The molecule has 43 heavy (non-hydrogen) atoms. The number of nitrogens with zero attached hydrogens (tertiary/aromatic N) is 3. The first-order valence-electron chi connectivity index (χ1n) is 13.5. The minimum Gasteiger partial charge on any atom is -0.441 e. The van der Waals surface area contributed by atoms with Crippen molar-refractivity contribution < 1.29 is 9.53 Å². The van der Waals surface area contributed by atoms with Gasteiger partial charge < -0.3 is 19.4 Å². The second kappa shape index (κ2) is 12.0. The molecule has 0 amide bonds. The summed E-state index contributed by atoms with van der Waals surface area (Å²) in [6.07, 6.45) is 1.93. The van der Waals surface area contributed by atoms with Crippen molar-refractivity contribution in [3.05, 3.63) is 127 Å². The third-order valence-corrected chi connectivity index (χ3v) is 9.45. The number of fused-ring (bicyclic) bond motifs is 1. The topological polar surface area (TPSA) is 36.0 Å². The molecular formula is C34H31Cl4N3O2. The summed E-state index contributed by atoms with van der Waals surface area (Å²) in [6.45, 7) is 0. The number of rotatable bonds is 7. The molecule has 1 atom stereocenters. The lowest BCUT2D eigenvalue weighted by atomic mass is 9.81. The van der Waals surface area contributed by atoms with Crippen LogP contribution < -0.4 is 14.7 Å². The number of halogens is 4. The quantitative estimate of drug-likeness (QED) is 0.113. The molecule has 1 unspecified atom stereocenters. The Kier molecular flexibility index (Phi) is 8.65. The Balaban J connectivity index is 1.86. The molecule has 1 aliphatic rings. The fraction of sp³-hybridized carbons (Fsp3) is 0.206. The summed E-state index contributed by atoms with van der Waals surface area (Å²) in [5, 5.41) is 0.171. The van der Waals surface area contributed by atoms with Gasteiger partial charge in [0.05, 0.1) is 25.7 Å². The lowest BCUT2D eigenvalue weighted by Crippen LogP contribution is -2.27. The van der Waals surface area contributed by atoms with Crippen LogP contribution in [0.1, 0.15) is 32.6 Å².